The fourth-order valence-electron chi connectivity index (χ4n) is 4.07. The first-order valence-electron chi connectivity index (χ1n) is 7.48. The Morgan fingerprint density at radius 2 is 2.16 bits per heavy atom. The van der Waals surface area contributed by atoms with E-state index in [0.29, 0.717) is 11.9 Å². The molecule has 0 spiro atoms. The Bertz CT molecular complexity index is 497. The van der Waals surface area contributed by atoms with Crippen LogP contribution in [0.2, 0.25) is 0 Å². The van der Waals surface area contributed by atoms with Crippen molar-refractivity contribution in [2.24, 2.45) is 11.8 Å². The molecule has 19 heavy (non-hydrogen) atoms. The number of piperidine rings is 1. The number of fused-ring (bicyclic) bond motifs is 3. The highest BCUT2D eigenvalue weighted by molar-refractivity contribution is 5.79. The van der Waals surface area contributed by atoms with Gasteiger partial charge in [0.2, 0.25) is 5.91 Å². The Morgan fingerprint density at radius 3 is 3.11 bits per heavy atom. The van der Waals surface area contributed by atoms with Crippen molar-refractivity contribution in [2.45, 2.75) is 51.1 Å². The summed E-state index contributed by atoms with van der Waals surface area (Å²) in [6.45, 7) is 1.87. The van der Waals surface area contributed by atoms with Gasteiger partial charge in [-0.15, -0.1) is 10.2 Å². The number of hydrogen-bond acceptors (Lipinski definition) is 3. The monoisotopic (exact) mass is 260 g/mol. The second-order valence-electron chi connectivity index (χ2n) is 6.28. The second-order valence-corrected chi connectivity index (χ2v) is 6.28. The third kappa shape index (κ3) is 1.86. The van der Waals surface area contributed by atoms with E-state index < -0.39 is 0 Å². The lowest BCUT2D eigenvalue weighted by atomic mass is 9.93. The van der Waals surface area contributed by atoms with Gasteiger partial charge >= 0.3 is 0 Å². The number of rotatable bonds is 1. The van der Waals surface area contributed by atoms with Gasteiger partial charge < -0.3 is 9.47 Å². The maximum Gasteiger partial charge on any atom is 0.226 e. The molecule has 1 saturated carbocycles. The van der Waals surface area contributed by atoms with Crippen LogP contribution in [0.15, 0.2) is 6.33 Å². The molecule has 2 aliphatic heterocycles. The minimum atomic E-state index is 0.133. The van der Waals surface area contributed by atoms with Crippen molar-refractivity contribution in [3.05, 3.63) is 12.2 Å². The van der Waals surface area contributed by atoms with Gasteiger partial charge in [-0.1, -0.05) is 0 Å². The summed E-state index contributed by atoms with van der Waals surface area (Å²) in [4.78, 5) is 14.9. The van der Waals surface area contributed by atoms with Crippen molar-refractivity contribution in [2.75, 3.05) is 6.54 Å². The molecule has 4 rings (SSSR count). The molecule has 2 bridgehead atoms. The van der Waals surface area contributed by atoms with Crippen molar-refractivity contribution in [1.82, 2.24) is 19.7 Å². The number of aryl methyl sites for hydroxylation is 1. The van der Waals surface area contributed by atoms with Gasteiger partial charge in [-0.3, -0.25) is 4.79 Å². The van der Waals surface area contributed by atoms with Crippen LogP contribution in [0.1, 0.15) is 37.9 Å². The van der Waals surface area contributed by atoms with Gasteiger partial charge in [0, 0.05) is 31.5 Å². The quantitative estimate of drug-likeness (QED) is 0.763. The van der Waals surface area contributed by atoms with Crippen molar-refractivity contribution >= 4 is 5.91 Å². The van der Waals surface area contributed by atoms with E-state index in [1.54, 1.807) is 6.33 Å². The number of hydrogen-bond donors (Lipinski definition) is 0. The van der Waals surface area contributed by atoms with Gasteiger partial charge in [0.05, 0.1) is 0 Å². The Hall–Kier alpha value is -1.39. The van der Waals surface area contributed by atoms with Gasteiger partial charge in [0.25, 0.3) is 0 Å². The average Bonchev–Trinajstić information content (AvgIpc) is 3.04. The van der Waals surface area contributed by atoms with Gasteiger partial charge in [-0.05, 0) is 38.0 Å². The zero-order chi connectivity index (χ0) is 12.8. The summed E-state index contributed by atoms with van der Waals surface area (Å²) < 4.78 is 2.07. The lowest BCUT2D eigenvalue weighted by Crippen LogP contribution is -2.46. The van der Waals surface area contributed by atoms with Gasteiger partial charge in [0.1, 0.15) is 12.2 Å². The van der Waals surface area contributed by atoms with Crippen LogP contribution in [0.3, 0.4) is 0 Å². The number of carbonyl (C=O) groups is 1. The van der Waals surface area contributed by atoms with E-state index in [-0.39, 0.29) is 5.92 Å². The molecule has 3 atom stereocenters. The van der Waals surface area contributed by atoms with E-state index in [1.807, 2.05) is 0 Å². The van der Waals surface area contributed by atoms with E-state index in [4.69, 9.17) is 0 Å². The van der Waals surface area contributed by atoms with Crippen LogP contribution < -0.4 is 0 Å². The molecule has 0 N–H and O–H groups in total. The normalized spacial score (nSPS) is 33.3. The molecule has 5 nitrogen and oxygen atoms in total. The fourth-order valence-corrected chi connectivity index (χ4v) is 4.07. The first-order valence-corrected chi connectivity index (χ1v) is 7.48. The van der Waals surface area contributed by atoms with E-state index >= 15 is 0 Å². The topological polar surface area (TPSA) is 51.0 Å². The number of carbonyl (C=O) groups excluding carboxylic acids is 1. The van der Waals surface area contributed by atoms with Crippen molar-refractivity contribution in [1.29, 1.82) is 0 Å². The SMILES string of the molecule is O=C(C1CCn2cnnc2C1)N1CCC2CCC1C2. The smallest absolute Gasteiger partial charge is 0.226 e. The summed E-state index contributed by atoms with van der Waals surface area (Å²) in [6.07, 6.45) is 8.49. The largest absolute Gasteiger partial charge is 0.339 e. The standard InChI is InChI=1S/C14H20N4O/c19-14(18-6-3-10-1-2-12(18)7-10)11-4-5-17-9-15-16-13(17)8-11/h9-12H,1-8H2. The number of likely N-dealkylation sites (tertiary alicyclic amines) is 1. The van der Waals surface area contributed by atoms with E-state index in [0.717, 1.165) is 37.7 Å². The molecule has 3 heterocycles. The molecule has 1 aromatic rings. The van der Waals surface area contributed by atoms with E-state index in [9.17, 15) is 4.79 Å². The molecule has 102 valence electrons. The Kier molecular flexibility index (Phi) is 2.60. The Morgan fingerprint density at radius 1 is 1.21 bits per heavy atom. The maximum absolute atomic E-state index is 12.7. The predicted molar refractivity (Wildman–Crippen MR) is 69.3 cm³/mol. The van der Waals surface area contributed by atoms with E-state index in [2.05, 4.69) is 19.7 Å². The molecule has 1 amide bonds. The summed E-state index contributed by atoms with van der Waals surface area (Å²) >= 11 is 0. The van der Waals surface area contributed by atoms with Crippen LogP contribution in [0.5, 0.6) is 0 Å². The number of amides is 1. The fraction of sp³-hybridized carbons (Fsp3) is 0.786. The average molecular weight is 260 g/mol. The summed E-state index contributed by atoms with van der Waals surface area (Å²) in [7, 11) is 0. The lowest BCUT2D eigenvalue weighted by Gasteiger charge is -2.36. The van der Waals surface area contributed by atoms with Crippen LogP contribution in [-0.4, -0.2) is 38.2 Å². The maximum atomic E-state index is 12.7. The zero-order valence-electron chi connectivity index (χ0n) is 11.2. The molecule has 5 heteroatoms. The molecule has 1 aromatic heterocycles. The first-order chi connectivity index (χ1) is 9.31. The summed E-state index contributed by atoms with van der Waals surface area (Å²) in [5.74, 6) is 2.38. The highest BCUT2D eigenvalue weighted by Gasteiger charge is 2.39. The van der Waals surface area contributed by atoms with Crippen LogP contribution in [0.4, 0.5) is 0 Å². The summed E-state index contributed by atoms with van der Waals surface area (Å²) in [6, 6.07) is 0.533. The Labute approximate surface area is 113 Å². The number of aromatic nitrogens is 3. The molecule has 1 aliphatic carbocycles. The molecular formula is C14H20N4O. The zero-order valence-corrected chi connectivity index (χ0v) is 11.2. The summed E-state index contributed by atoms with van der Waals surface area (Å²) in [5, 5.41) is 8.06. The molecule has 1 saturated heterocycles. The van der Waals surface area contributed by atoms with Crippen molar-refractivity contribution in [3.63, 3.8) is 0 Å². The predicted octanol–water partition coefficient (Wildman–Crippen LogP) is 1.24. The minimum Gasteiger partial charge on any atom is -0.339 e. The van der Waals surface area contributed by atoms with Crippen LogP contribution in [-0.2, 0) is 17.8 Å². The molecule has 3 aliphatic rings. The third-order valence-corrected chi connectivity index (χ3v) is 5.21. The van der Waals surface area contributed by atoms with Crippen molar-refractivity contribution < 1.29 is 4.79 Å². The second kappa shape index (κ2) is 4.32. The molecule has 3 unspecified atom stereocenters. The third-order valence-electron chi connectivity index (χ3n) is 5.21. The molecule has 2 fully saturated rings. The van der Waals surface area contributed by atoms with Crippen LogP contribution >= 0.6 is 0 Å². The van der Waals surface area contributed by atoms with Gasteiger partial charge in [-0.2, -0.15) is 0 Å². The van der Waals surface area contributed by atoms with Crippen LogP contribution in [0.25, 0.3) is 0 Å². The first kappa shape index (κ1) is 11.4. The van der Waals surface area contributed by atoms with Crippen LogP contribution in [0, 0.1) is 11.8 Å². The summed E-state index contributed by atoms with van der Waals surface area (Å²) in [5.41, 5.74) is 0. The minimum absolute atomic E-state index is 0.133. The molecule has 0 radical (unpaired) electrons. The Balaban J connectivity index is 1.49. The number of nitrogens with zero attached hydrogens (tertiary/aromatic N) is 4. The highest BCUT2D eigenvalue weighted by Crippen LogP contribution is 2.37. The molecular weight excluding hydrogens is 240 g/mol. The van der Waals surface area contributed by atoms with Gasteiger partial charge in [0.15, 0.2) is 0 Å². The van der Waals surface area contributed by atoms with E-state index in [1.165, 1.54) is 25.7 Å². The van der Waals surface area contributed by atoms with Gasteiger partial charge in [-0.25, -0.2) is 0 Å². The highest BCUT2D eigenvalue weighted by atomic mass is 16.2. The molecule has 0 aromatic carbocycles. The van der Waals surface area contributed by atoms with Crippen molar-refractivity contribution in [3.8, 4) is 0 Å². The lowest BCUT2D eigenvalue weighted by molar-refractivity contribution is -0.139.